The number of carbonyl (C=O) groups excluding carboxylic acids is 2. The molecule has 2 amide bonds. The molecule has 0 fully saturated rings. The summed E-state index contributed by atoms with van der Waals surface area (Å²) in [6, 6.07) is 31.2. The summed E-state index contributed by atoms with van der Waals surface area (Å²) in [5, 5.41) is 3.66. The summed E-state index contributed by atoms with van der Waals surface area (Å²) in [6.45, 7) is 3.09. The topological polar surface area (TPSA) is 49.4 Å². The molecule has 0 saturated carbocycles. The zero-order valence-corrected chi connectivity index (χ0v) is 22.6. The normalized spacial score (nSPS) is 13.9. The highest BCUT2D eigenvalue weighted by atomic mass is 35.5. The molecular weight excluding hydrogens is 512 g/mol. The van der Waals surface area contributed by atoms with Gasteiger partial charge >= 0.3 is 0 Å². The second-order valence-electron chi connectivity index (χ2n) is 9.21. The number of aryl methyl sites for hydroxylation is 1. The third kappa shape index (κ3) is 6.18. The van der Waals surface area contributed by atoms with E-state index in [2.05, 4.69) is 36.5 Å². The number of para-hydroxylation sites is 1. The van der Waals surface area contributed by atoms with E-state index in [4.69, 9.17) is 11.6 Å². The Morgan fingerprint density at radius 1 is 0.895 bits per heavy atom. The molecule has 0 atom stereocenters. The highest BCUT2D eigenvalue weighted by Gasteiger charge is 2.29. The maximum Gasteiger partial charge on any atom is 0.265 e. The van der Waals surface area contributed by atoms with Gasteiger partial charge in [0, 0.05) is 22.0 Å². The fraction of sp³-hybridized carbons (Fsp3) is 0.125. The van der Waals surface area contributed by atoms with Crippen molar-refractivity contribution < 1.29 is 9.59 Å². The predicted octanol–water partition coefficient (Wildman–Crippen LogP) is 7.30. The van der Waals surface area contributed by atoms with Crippen molar-refractivity contribution in [3.8, 4) is 0 Å². The first kappa shape index (κ1) is 25.8. The maximum absolute atomic E-state index is 13.6. The van der Waals surface area contributed by atoms with Crippen molar-refractivity contribution in [1.82, 2.24) is 5.32 Å². The second-order valence-corrected chi connectivity index (χ2v) is 10.7. The van der Waals surface area contributed by atoms with Crippen LogP contribution in [0.5, 0.6) is 0 Å². The molecule has 6 heteroatoms. The lowest BCUT2D eigenvalue weighted by Gasteiger charge is -2.30. The Morgan fingerprint density at radius 3 is 2.32 bits per heavy atom. The third-order valence-corrected chi connectivity index (χ3v) is 7.71. The van der Waals surface area contributed by atoms with Crippen LogP contribution < -0.4 is 10.2 Å². The predicted molar refractivity (Wildman–Crippen MR) is 157 cm³/mol. The van der Waals surface area contributed by atoms with Gasteiger partial charge in [-0.15, -0.1) is 0 Å². The fourth-order valence-corrected chi connectivity index (χ4v) is 5.44. The Bertz CT molecular complexity index is 1480. The van der Waals surface area contributed by atoms with Gasteiger partial charge in [-0.1, -0.05) is 89.6 Å². The number of thioether (sulfide) groups is 1. The molecular formula is C32H27ClN2O2S. The molecule has 0 aromatic heterocycles. The van der Waals surface area contributed by atoms with Crippen molar-refractivity contribution in [2.45, 2.75) is 24.8 Å². The number of halogens is 1. The number of fused-ring (bicyclic) bond motifs is 1. The van der Waals surface area contributed by atoms with Gasteiger partial charge in [-0.25, -0.2) is 0 Å². The van der Waals surface area contributed by atoms with Crippen LogP contribution in [0.1, 0.15) is 32.6 Å². The van der Waals surface area contributed by atoms with Crippen LogP contribution in [0, 0.1) is 6.92 Å². The molecule has 0 saturated heterocycles. The smallest absolute Gasteiger partial charge is 0.265 e. The first-order chi connectivity index (χ1) is 18.5. The molecule has 5 rings (SSSR count). The van der Waals surface area contributed by atoms with E-state index in [-0.39, 0.29) is 11.8 Å². The molecule has 4 aromatic carbocycles. The van der Waals surface area contributed by atoms with E-state index in [1.165, 1.54) is 17.3 Å². The van der Waals surface area contributed by atoms with Gasteiger partial charge in [-0.05, 0) is 72.5 Å². The molecule has 38 heavy (non-hydrogen) atoms. The van der Waals surface area contributed by atoms with E-state index >= 15 is 0 Å². The highest BCUT2D eigenvalue weighted by Crippen LogP contribution is 2.42. The van der Waals surface area contributed by atoms with Crippen molar-refractivity contribution in [2.24, 2.45) is 0 Å². The molecule has 1 N–H and O–H groups in total. The minimum Gasteiger partial charge on any atom is -0.352 e. The lowest BCUT2D eigenvalue weighted by molar-refractivity contribution is -0.114. The summed E-state index contributed by atoms with van der Waals surface area (Å²) in [6.07, 6.45) is 2.63. The number of benzene rings is 4. The summed E-state index contributed by atoms with van der Waals surface area (Å²) in [5.74, 6) is -0.155. The zero-order chi connectivity index (χ0) is 26.5. The van der Waals surface area contributed by atoms with Crippen molar-refractivity contribution in [1.29, 1.82) is 0 Å². The lowest BCUT2D eigenvalue weighted by Crippen LogP contribution is -2.33. The molecule has 1 heterocycles. The Balaban J connectivity index is 1.28. The number of nitrogens with zero attached hydrogens (tertiary/aromatic N) is 1. The minimum atomic E-state index is -0.125. The van der Waals surface area contributed by atoms with Gasteiger partial charge in [-0.2, -0.15) is 0 Å². The molecule has 1 aliphatic rings. The molecule has 0 spiro atoms. The number of hydrogen-bond donors (Lipinski definition) is 1. The summed E-state index contributed by atoms with van der Waals surface area (Å²) < 4.78 is 0. The first-order valence-corrected chi connectivity index (χ1v) is 13.6. The first-order valence-electron chi connectivity index (χ1n) is 12.4. The van der Waals surface area contributed by atoms with Crippen LogP contribution in [0.25, 0.3) is 6.08 Å². The summed E-state index contributed by atoms with van der Waals surface area (Å²) >= 11 is 7.41. The average molecular weight is 539 g/mol. The van der Waals surface area contributed by atoms with Crippen molar-refractivity contribution >= 4 is 46.9 Å². The number of nitrogens with one attached hydrogen (secondary N) is 1. The quantitative estimate of drug-likeness (QED) is 0.251. The van der Waals surface area contributed by atoms with Gasteiger partial charge in [0.1, 0.15) is 0 Å². The molecule has 0 aliphatic carbocycles. The van der Waals surface area contributed by atoms with E-state index in [9.17, 15) is 9.59 Å². The van der Waals surface area contributed by atoms with E-state index in [1.54, 1.807) is 12.1 Å². The Kier molecular flexibility index (Phi) is 7.97. The Labute approximate surface area is 232 Å². The summed E-state index contributed by atoms with van der Waals surface area (Å²) in [5.41, 5.74) is 5.76. The van der Waals surface area contributed by atoms with Crippen LogP contribution in [0.15, 0.2) is 107 Å². The number of anilines is 1. The van der Waals surface area contributed by atoms with E-state index in [0.29, 0.717) is 28.6 Å². The van der Waals surface area contributed by atoms with Crippen molar-refractivity contribution in [3.05, 3.63) is 135 Å². The second kappa shape index (κ2) is 11.7. The standard InChI is InChI=1S/C32H27ClN2O2S/c1-22-6-8-25(9-7-22)21-35-28-4-2-3-5-29(28)38-30(32(35)37)20-24-10-14-26(15-11-24)31(36)34-19-18-23-12-16-27(33)17-13-23/h2-17,20H,18-19,21H2,1H3,(H,34,36)/b30-20+. The van der Waals surface area contributed by atoms with E-state index in [1.807, 2.05) is 71.6 Å². The molecule has 4 nitrogen and oxygen atoms in total. The van der Waals surface area contributed by atoms with Gasteiger partial charge < -0.3 is 10.2 Å². The van der Waals surface area contributed by atoms with Crippen LogP contribution >= 0.6 is 23.4 Å². The summed E-state index contributed by atoms with van der Waals surface area (Å²) in [7, 11) is 0. The van der Waals surface area contributed by atoms with Gasteiger partial charge in [0.05, 0.1) is 17.1 Å². The van der Waals surface area contributed by atoms with Crippen LogP contribution in [-0.2, 0) is 17.8 Å². The minimum absolute atomic E-state index is 0.0294. The zero-order valence-electron chi connectivity index (χ0n) is 21.0. The molecule has 190 valence electrons. The number of hydrogen-bond acceptors (Lipinski definition) is 3. The molecule has 0 unspecified atom stereocenters. The fourth-order valence-electron chi connectivity index (χ4n) is 4.25. The van der Waals surface area contributed by atoms with Gasteiger partial charge in [0.15, 0.2) is 0 Å². The maximum atomic E-state index is 13.6. The van der Waals surface area contributed by atoms with Gasteiger partial charge in [-0.3, -0.25) is 9.59 Å². The highest BCUT2D eigenvalue weighted by molar-refractivity contribution is 8.04. The molecule has 1 aliphatic heterocycles. The summed E-state index contributed by atoms with van der Waals surface area (Å²) in [4.78, 5) is 29.7. The van der Waals surface area contributed by atoms with Crippen LogP contribution in [0.3, 0.4) is 0 Å². The van der Waals surface area contributed by atoms with Gasteiger partial charge in [0.2, 0.25) is 0 Å². The molecule has 0 radical (unpaired) electrons. The SMILES string of the molecule is Cc1ccc(CN2C(=O)/C(=C\c3ccc(C(=O)NCCc4ccc(Cl)cc4)cc3)Sc3ccccc32)cc1. The van der Waals surface area contributed by atoms with Crippen LogP contribution in [0.2, 0.25) is 5.02 Å². The van der Waals surface area contributed by atoms with Crippen molar-refractivity contribution in [3.63, 3.8) is 0 Å². The van der Waals surface area contributed by atoms with Gasteiger partial charge in [0.25, 0.3) is 11.8 Å². The number of rotatable bonds is 7. The average Bonchev–Trinajstić information content (AvgIpc) is 2.93. The molecule has 0 bridgehead atoms. The third-order valence-electron chi connectivity index (χ3n) is 6.38. The molecule has 4 aromatic rings. The Morgan fingerprint density at radius 2 is 1.58 bits per heavy atom. The van der Waals surface area contributed by atoms with Crippen LogP contribution in [0.4, 0.5) is 5.69 Å². The van der Waals surface area contributed by atoms with E-state index < -0.39 is 0 Å². The monoisotopic (exact) mass is 538 g/mol. The Hall–Kier alpha value is -3.80. The largest absolute Gasteiger partial charge is 0.352 e. The van der Waals surface area contributed by atoms with E-state index in [0.717, 1.165) is 33.7 Å². The number of carbonyl (C=O) groups is 2. The van der Waals surface area contributed by atoms with Crippen LogP contribution in [-0.4, -0.2) is 18.4 Å². The number of amides is 2. The van der Waals surface area contributed by atoms with Crippen molar-refractivity contribution in [2.75, 3.05) is 11.4 Å². The lowest BCUT2D eigenvalue weighted by atomic mass is 10.1.